The van der Waals surface area contributed by atoms with E-state index in [0.29, 0.717) is 12.8 Å². The van der Waals surface area contributed by atoms with Crippen LogP contribution in [0.2, 0.25) is 0 Å². The molecular formula is C13H20O4S. The maximum atomic E-state index is 11.9. The fourth-order valence-electron chi connectivity index (χ4n) is 1.50. The molecular weight excluding hydrogens is 252 g/mol. The Labute approximate surface area is 109 Å². The van der Waals surface area contributed by atoms with Gasteiger partial charge in [-0.2, -0.15) is 8.42 Å². The van der Waals surface area contributed by atoms with Crippen LogP contribution >= 0.6 is 0 Å². The fourth-order valence-corrected chi connectivity index (χ4v) is 2.61. The van der Waals surface area contributed by atoms with Crippen molar-refractivity contribution in [3.63, 3.8) is 0 Å². The summed E-state index contributed by atoms with van der Waals surface area (Å²) in [5.74, 6) is 0. The van der Waals surface area contributed by atoms with Gasteiger partial charge in [-0.05, 0) is 45.7 Å². The van der Waals surface area contributed by atoms with Crippen molar-refractivity contribution in [2.24, 2.45) is 0 Å². The van der Waals surface area contributed by atoms with Gasteiger partial charge in [-0.3, -0.25) is 4.18 Å². The first-order valence-corrected chi connectivity index (χ1v) is 7.40. The third kappa shape index (κ3) is 4.76. The molecule has 5 heteroatoms. The summed E-state index contributed by atoms with van der Waals surface area (Å²) in [6.45, 7) is 5.25. The summed E-state index contributed by atoms with van der Waals surface area (Å²) in [5.41, 5.74) is 0.996. The van der Waals surface area contributed by atoms with Crippen LogP contribution in [0, 0.1) is 6.92 Å². The van der Waals surface area contributed by atoms with Crippen molar-refractivity contribution in [3.05, 3.63) is 29.8 Å². The van der Waals surface area contributed by atoms with Gasteiger partial charge in [0.25, 0.3) is 10.1 Å². The number of aryl methyl sites for hydroxylation is 1. The minimum Gasteiger partial charge on any atom is -0.393 e. The molecule has 0 saturated carbocycles. The Balaban J connectivity index is 2.67. The molecule has 102 valence electrons. The molecule has 1 aromatic carbocycles. The average molecular weight is 272 g/mol. The zero-order valence-corrected chi connectivity index (χ0v) is 11.8. The van der Waals surface area contributed by atoms with Gasteiger partial charge in [-0.1, -0.05) is 17.7 Å². The molecule has 1 rings (SSSR count). The second kappa shape index (κ2) is 6.31. The molecule has 18 heavy (non-hydrogen) atoms. The van der Waals surface area contributed by atoms with Gasteiger partial charge in [-0.25, -0.2) is 0 Å². The van der Waals surface area contributed by atoms with Crippen molar-refractivity contribution in [3.8, 4) is 0 Å². The lowest BCUT2D eigenvalue weighted by atomic mass is 10.1. The maximum Gasteiger partial charge on any atom is 0.297 e. The van der Waals surface area contributed by atoms with Crippen molar-refractivity contribution >= 4 is 10.1 Å². The van der Waals surface area contributed by atoms with Crippen molar-refractivity contribution < 1.29 is 17.7 Å². The van der Waals surface area contributed by atoms with E-state index < -0.39 is 22.3 Å². The zero-order chi connectivity index (χ0) is 13.8. The summed E-state index contributed by atoms with van der Waals surface area (Å²) in [4.78, 5) is 0.164. The minimum absolute atomic E-state index is 0.164. The molecule has 0 fully saturated rings. The van der Waals surface area contributed by atoms with Crippen LogP contribution in [0.4, 0.5) is 0 Å². The number of rotatable bonds is 6. The molecule has 1 aromatic rings. The highest BCUT2D eigenvalue weighted by atomic mass is 32.2. The Kier molecular flexibility index (Phi) is 5.31. The number of benzene rings is 1. The number of aliphatic hydroxyl groups excluding tert-OH is 1. The number of hydrogen-bond donors (Lipinski definition) is 1. The normalized spacial score (nSPS) is 15.3. The van der Waals surface area contributed by atoms with Crippen LogP contribution in [0.3, 0.4) is 0 Å². The summed E-state index contributed by atoms with van der Waals surface area (Å²) in [5, 5.41) is 9.14. The summed E-state index contributed by atoms with van der Waals surface area (Å²) < 4.78 is 28.9. The summed E-state index contributed by atoms with van der Waals surface area (Å²) in [6.07, 6.45) is 0.136. The number of hydrogen-bond acceptors (Lipinski definition) is 4. The molecule has 0 aromatic heterocycles. The first kappa shape index (κ1) is 15.1. The summed E-state index contributed by atoms with van der Waals surface area (Å²) >= 11 is 0. The van der Waals surface area contributed by atoms with Gasteiger partial charge in [0, 0.05) is 0 Å². The van der Waals surface area contributed by atoms with Crippen LogP contribution in [0.1, 0.15) is 32.3 Å². The highest BCUT2D eigenvalue weighted by molar-refractivity contribution is 7.86. The average Bonchev–Trinajstić information content (AvgIpc) is 2.26. The maximum absolute atomic E-state index is 11.9. The largest absolute Gasteiger partial charge is 0.393 e. The van der Waals surface area contributed by atoms with Crippen molar-refractivity contribution in [1.29, 1.82) is 0 Å². The molecule has 0 aliphatic rings. The topological polar surface area (TPSA) is 63.6 Å². The molecule has 0 heterocycles. The van der Waals surface area contributed by atoms with E-state index in [1.165, 1.54) is 12.1 Å². The molecule has 0 aliphatic carbocycles. The standard InChI is InChI=1S/C13H20O4S/c1-10-4-8-13(9-5-10)18(15,16)17-12(3)7-6-11(2)14/h4-5,8-9,11-12,14H,6-7H2,1-3H3. The van der Waals surface area contributed by atoms with E-state index in [1.807, 2.05) is 6.92 Å². The first-order valence-electron chi connectivity index (χ1n) is 5.99. The molecule has 2 unspecified atom stereocenters. The molecule has 0 bridgehead atoms. The predicted octanol–water partition coefficient (Wildman–Crippen LogP) is 2.25. The van der Waals surface area contributed by atoms with Crippen LogP contribution in [0.5, 0.6) is 0 Å². The second-order valence-corrected chi connectivity index (χ2v) is 6.17. The zero-order valence-electron chi connectivity index (χ0n) is 11.0. The summed E-state index contributed by atoms with van der Waals surface area (Å²) in [6, 6.07) is 6.53. The lowest BCUT2D eigenvalue weighted by Crippen LogP contribution is -2.17. The molecule has 0 saturated heterocycles. The third-order valence-corrected chi connectivity index (χ3v) is 4.02. The van der Waals surface area contributed by atoms with Crippen LogP contribution < -0.4 is 0 Å². The van der Waals surface area contributed by atoms with Crippen LogP contribution in [-0.2, 0) is 14.3 Å². The SMILES string of the molecule is Cc1ccc(S(=O)(=O)OC(C)CCC(C)O)cc1. The Bertz CT molecular complexity index is 462. The van der Waals surface area contributed by atoms with Gasteiger partial charge in [0.2, 0.25) is 0 Å². The lowest BCUT2D eigenvalue weighted by molar-refractivity contribution is 0.148. The lowest BCUT2D eigenvalue weighted by Gasteiger charge is -2.14. The highest BCUT2D eigenvalue weighted by Gasteiger charge is 2.19. The van der Waals surface area contributed by atoms with Crippen LogP contribution in [0.25, 0.3) is 0 Å². The molecule has 0 aliphatic heterocycles. The molecule has 4 nitrogen and oxygen atoms in total. The summed E-state index contributed by atoms with van der Waals surface area (Å²) in [7, 11) is -3.71. The predicted molar refractivity (Wildman–Crippen MR) is 69.8 cm³/mol. The van der Waals surface area contributed by atoms with Gasteiger partial charge < -0.3 is 5.11 Å². The Morgan fingerprint density at radius 2 is 1.72 bits per heavy atom. The van der Waals surface area contributed by atoms with Crippen molar-refractivity contribution in [2.75, 3.05) is 0 Å². The van der Waals surface area contributed by atoms with E-state index >= 15 is 0 Å². The van der Waals surface area contributed by atoms with Gasteiger partial charge in [-0.15, -0.1) is 0 Å². The van der Waals surface area contributed by atoms with Crippen molar-refractivity contribution in [2.45, 2.75) is 50.7 Å². The van der Waals surface area contributed by atoms with Gasteiger partial charge in [0.1, 0.15) is 0 Å². The second-order valence-electron chi connectivity index (χ2n) is 4.60. The Hall–Kier alpha value is -0.910. The third-order valence-electron chi connectivity index (χ3n) is 2.59. The van der Waals surface area contributed by atoms with Crippen LogP contribution in [-0.4, -0.2) is 25.7 Å². The van der Waals surface area contributed by atoms with E-state index in [2.05, 4.69) is 0 Å². The van der Waals surface area contributed by atoms with Crippen molar-refractivity contribution in [1.82, 2.24) is 0 Å². The smallest absolute Gasteiger partial charge is 0.297 e. The molecule has 1 N–H and O–H groups in total. The van der Waals surface area contributed by atoms with E-state index in [-0.39, 0.29) is 4.90 Å². The molecule has 2 atom stereocenters. The van der Waals surface area contributed by atoms with E-state index in [4.69, 9.17) is 9.29 Å². The number of aliphatic hydroxyl groups is 1. The fraction of sp³-hybridized carbons (Fsp3) is 0.538. The molecule has 0 amide bonds. The highest BCUT2D eigenvalue weighted by Crippen LogP contribution is 2.17. The van der Waals surface area contributed by atoms with E-state index in [1.54, 1.807) is 26.0 Å². The van der Waals surface area contributed by atoms with E-state index in [0.717, 1.165) is 5.56 Å². The van der Waals surface area contributed by atoms with Crippen LogP contribution in [0.15, 0.2) is 29.2 Å². The Morgan fingerprint density at radius 1 is 1.17 bits per heavy atom. The minimum atomic E-state index is -3.71. The molecule has 0 radical (unpaired) electrons. The monoisotopic (exact) mass is 272 g/mol. The van der Waals surface area contributed by atoms with Gasteiger partial charge in [0.05, 0.1) is 17.1 Å². The molecule has 0 spiro atoms. The Morgan fingerprint density at radius 3 is 2.22 bits per heavy atom. The van der Waals surface area contributed by atoms with E-state index in [9.17, 15) is 8.42 Å². The van der Waals surface area contributed by atoms with Gasteiger partial charge in [0.15, 0.2) is 0 Å². The first-order chi connectivity index (χ1) is 8.31. The quantitative estimate of drug-likeness (QED) is 0.807. The van der Waals surface area contributed by atoms with Gasteiger partial charge >= 0.3 is 0 Å².